The maximum absolute atomic E-state index is 8.53. The summed E-state index contributed by atoms with van der Waals surface area (Å²) in [5.41, 5.74) is 0.910. The van der Waals surface area contributed by atoms with Crippen LogP contribution >= 0.6 is 0 Å². The Morgan fingerprint density at radius 2 is 2.00 bits per heavy atom. The van der Waals surface area contributed by atoms with Gasteiger partial charge < -0.3 is 19.6 Å². The molecular formula is C13H17N3O3. The Bertz CT molecular complexity index is 473. The van der Waals surface area contributed by atoms with Gasteiger partial charge in [-0.1, -0.05) is 18.2 Å². The molecule has 102 valence electrons. The van der Waals surface area contributed by atoms with Crippen molar-refractivity contribution in [3.8, 4) is 11.5 Å². The highest BCUT2D eigenvalue weighted by molar-refractivity contribution is 5.51. The van der Waals surface area contributed by atoms with Gasteiger partial charge in [-0.15, -0.1) is 10.2 Å². The molecule has 1 heterocycles. The van der Waals surface area contributed by atoms with Gasteiger partial charge in [0.2, 0.25) is 11.8 Å². The number of nitrogens with one attached hydrogen (secondary N) is 1. The topological polar surface area (TPSA) is 80.4 Å². The molecule has 0 bridgehead atoms. The fraction of sp³-hybridized carbons (Fsp3) is 0.385. The van der Waals surface area contributed by atoms with E-state index >= 15 is 0 Å². The van der Waals surface area contributed by atoms with E-state index in [0.717, 1.165) is 5.56 Å². The lowest BCUT2D eigenvalue weighted by molar-refractivity contribution is 0.0935. The first-order valence-electron chi connectivity index (χ1n) is 6.17. The zero-order valence-electron chi connectivity index (χ0n) is 10.6. The van der Waals surface area contributed by atoms with Crippen LogP contribution in [0.25, 0.3) is 11.5 Å². The van der Waals surface area contributed by atoms with Gasteiger partial charge in [-0.25, -0.2) is 0 Å². The summed E-state index contributed by atoms with van der Waals surface area (Å²) in [6, 6.07) is 9.64. The molecule has 0 aliphatic rings. The summed E-state index contributed by atoms with van der Waals surface area (Å²) < 4.78 is 10.6. The Hall–Kier alpha value is -1.76. The van der Waals surface area contributed by atoms with Crippen molar-refractivity contribution in [1.29, 1.82) is 0 Å². The maximum Gasteiger partial charge on any atom is 0.247 e. The molecule has 0 aliphatic carbocycles. The number of benzene rings is 1. The smallest absolute Gasteiger partial charge is 0.247 e. The maximum atomic E-state index is 8.53. The van der Waals surface area contributed by atoms with Gasteiger partial charge >= 0.3 is 0 Å². The Morgan fingerprint density at radius 3 is 2.79 bits per heavy atom. The van der Waals surface area contributed by atoms with Crippen molar-refractivity contribution in [3.63, 3.8) is 0 Å². The molecule has 2 aromatic rings. The van der Waals surface area contributed by atoms with Crippen LogP contribution in [-0.4, -0.2) is 41.7 Å². The molecule has 1 aromatic heterocycles. The summed E-state index contributed by atoms with van der Waals surface area (Å²) in [6.07, 6.45) is 0. The summed E-state index contributed by atoms with van der Waals surface area (Å²) in [4.78, 5) is 0. The average molecular weight is 263 g/mol. The molecule has 0 saturated carbocycles. The number of rotatable bonds is 8. The molecule has 0 aliphatic heterocycles. The van der Waals surface area contributed by atoms with E-state index in [1.807, 2.05) is 30.3 Å². The highest BCUT2D eigenvalue weighted by Crippen LogP contribution is 2.16. The summed E-state index contributed by atoms with van der Waals surface area (Å²) in [6.45, 7) is 2.12. The van der Waals surface area contributed by atoms with E-state index in [1.54, 1.807) is 0 Å². The standard InChI is InChI=1S/C13H17N3O3/c17-7-9-18-8-6-14-10-12-15-16-13(19-12)11-4-2-1-3-5-11/h1-5,14,17H,6-10H2. The number of aliphatic hydroxyl groups is 1. The molecular weight excluding hydrogens is 246 g/mol. The Labute approximate surface area is 111 Å². The van der Waals surface area contributed by atoms with E-state index in [4.69, 9.17) is 14.3 Å². The van der Waals surface area contributed by atoms with Crippen LogP contribution in [0.15, 0.2) is 34.7 Å². The summed E-state index contributed by atoms with van der Waals surface area (Å²) in [5, 5.41) is 19.6. The van der Waals surface area contributed by atoms with E-state index in [-0.39, 0.29) is 6.61 Å². The monoisotopic (exact) mass is 263 g/mol. The minimum atomic E-state index is 0.0457. The van der Waals surface area contributed by atoms with Crippen molar-refractivity contribution in [1.82, 2.24) is 15.5 Å². The van der Waals surface area contributed by atoms with Crippen LogP contribution in [-0.2, 0) is 11.3 Å². The second kappa shape index (κ2) is 7.63. The first-order chi connectivity index (χ1) is 9.40. The van der Waals surface area contributed by atoms with Crippen LogP contribution in [0.5, 0.6) is 0 Å². The lowest BCUT2D eigenvalue weighted by Crippen LogP contribution is -2.20. The van der Waals surface area contributed by atoms with Crippen molar-refractivity contribution in [2.24, 2.45) is 0 Å². The van der Waals surface area contributed by atoms with Crippen molar-refractivity contribution < 1.29 is 14.3 Å². The van der Waals surface area contributed by atoms with Gasteiger partial charge in [-0.05, 0) is 12.1 Å². The second-order valence-corrected chi connectivity index (χ2v) is 3.88. The fourth-order valence-corrected chi connectivity index (χ4v) is 1.53. The Kier molecular flexibility index (Phi) is 5.49. The van der Waals surface area contributed by atoms with Crippen molar-refractivity contribution in [2.75, 3.05) is 26.4 Å². The van der Waals surface area contributed by atoms with E-state index in [1.165, 1.54) is 0 Å². The van der Waals surface area contributed by atoms with E-state index in [2.05, 4.69) is 15.5 Å². The zero-order valence-corrected chi connectivity index (χ0v) is 10.6. The molecule has 2 rings (SSSR count). The summed E-state index contributed by atoms with van der Waals surface area (Å²) in [7, 11) is 0. The summed E-state index contributed by atoms with van der Waals surface area (Å²) in [5.74, 6) is 1.06. The quantitative estimate of drug-likeness (QED) is 0.687. The van der Waals surface area contributed by atoms with Crippen molar-refractivity contribution >= 4 is 0 Å². The predicted molar refractivity (Wildman–Crippen MR) is 69.3 cm³/mol. The molecule has 0 radical (unpaired) electrons. The number of aliphatic hydroxyl groups excluding tert-OH is 1. The molecule has 0 spiro atoms. The van der Waals surface area contributed by atoms with E-state index in [9.17, 15) is 0 Å². The number of nitrogens with zero attached hydrogens (tertiary/aromatic N) is 2. The van der Waals surface area contributed by atoms with Gasteiger partial charge in [-0.2, -0.15) is 0 Å². The summed E-state index contributed by atoms with van der Waals surface area (Å²) >= 11 is 0. The fourth-order valence-electron chi connectivity index (χ4n) is 1.53. The highest BCUT2D eigenvalue weighted by Gasteiger charge is 2.07. The third-order valence-corrected chi connectivity index (χ3v) is 2.42. The first-order valence-corrected chi connectivity index (χ1v) is 6.17. The molecule has 6 heteroatoms. The van der Waals surface area contributed by atoms with Crippen LogP contribution in [0, 0.1) is 0 Å². The van der Waals surface area contributed by atoms with Crippen molar-refractivity contribution in [3.05, 3.63) is 36.2 Å². The minimum absolute atomic E-state index is 0.0457. The predicted octanol–water partition coefficient (Wildman–Crippen LogP) is 0.835. The number of ether oxygens (including phenoxy) is 1. The highest BCUT2D eigenvalue weighted by atomic mass is 16.5. The Balaban J connectivity index is 1.75. The lowest BCUT2D eigenvalue weighted by atomic mass is 10.2. The number of hydrogen-bond donors (Lipinski definition) is 2. The van der Waals surface area contributed by atoms with Gasteiger partial charge in [0.1, 0.15) is 0 Å². The van der Waals surface area contributed by atoms with Crippen LogP contribution in [0.3, 0.4) is 0 Å². The van der Waals surface area contributed by atoms with Gasteiger partial charge in [0.25, 0.3) is 0 Å². The third kappa shape index (κ3) is 4.44. The Morgan fingerprint density at radius 1 is 1.16 bits per heavy atom. The van der Waals surface area contributed by atoms with Crippen LogP contribution in [0.4, 0.5) is 0 Å². The molecule has 2 N–H and O–H groups in total. The molecule has 0 amide bonds. The third-order valence-electron chi connectivity index (χ3n) is 2.42. The number of aromatic nitrogens is 2. The average Bonchev–Trinajstić information content (AvgIpc) is 2.92. The van der Waals surface area contributed by atoms with Gasteiger partial charge in [0.05, 0.1) is 26.4 Å². The lowest BCUT2D eigenvalue weighted by Gasteiger charge is -2.02. The molecule has 0 fully saturated rings. The van der Waals surface area contributed by atoms with Gasteiger partial charge in [0.15, 0.2) is 0 Å². The largest absolute Gasteiger partial charge is 0.419 e. The SMILES string of the molecule is OCCOCCNCc1nnc(-c2ccccc2)o1. The molecule has 0 unspecified atom stereocenters. The normalized spacial score (nSPS) is 10.8. The van der Waals surface area contributed by atoms with Gasteiger partial charge in [0, 0.05) is 12.1 Å². The molecule has 0 atom stereocenters. The van der Waals surface area contributed by atoms with Gasteiger partial charge in [-0.3, -0.25) is 0 Å². The van der Waals surface area contributed by atoms with E-state index in [0.29, 0.717) is 38.1 Å². The van der Waals surface area contributed by atoms with Crippen molar-refractivity contribution in [2.45, 2.75) is 6.54 Å². The molecule has 1 aromatic carbocycles. The molecule has 19 heavy (non-hydrogen) atoms. The molecule has 0 saturated heterocycles. The van der Waals surface area contributed by atoms with Crippen LogP contribution < -0.4 is 5.32 Å². The van der Waals surface area contributed by atoms with Crippen LogP contribution in [0.2, 0.25) is 0 Å². The first kappa shape index (κ1) is 13.7. The van der Waals surface area contributed by atoms with E-state index < -0.39 is 0 Å². The zero-order chi connectivity index (χ0) is 13.3. The molecule has 6 nitrogen and oxygen atoms in total. The second-order valence-electron chi connectivity index (χ2n) is 3.88. The van der Waals surface area contributed by atoms with Crippen LogP contribution in [0.1, 0.15) is 5.89 Å². The number of hydrogen-bond acceptors (Lipinski definition) is 6. The minimum Gasteiger partial charge on any atom is -0.419 e.